The number of nitrogens with one attached hydrogen (secondary N) is 1. The standard InChI is InChI=1S/C16H17NO4/c18-16(15-7-3-9-20-15)17-12-4-1-5-13(10-12)21-11-14-6-2-8-19-14/h1,3-5,7,9-10,14H,2,6,8,11H2,(H,17,18). The third-order valence-electron chi connectivity index (χ3n) is 3.30. The summed E-state index contributed by atoms with van der Waals surface area (Å²) < 4.78 is 16.3. The fourth-order valence-corrected chi connectivity index (χ4v) is 2.23. The molecule has 2 heterocycles. The van der Waals surface area contributed by atoms with Crippen LogP contribution in [0.25, 0.3) is 0 Å². The molecule has 1 aliphatic heterocycles. The summed E-state index contributed by atoms with van der Waals surface area (Å²) in [5, 5.41) is 2.77. The van der Waals surface area contributed by atoms with Crippen molar-refractivity contribution in [2.45, 2.75) is 18.9 Å². The van der Waals surface area contributed by atoms with E-state index in [1.807, 2.05) is 12.1 Å². The largest absolute Gasteiger partial charge is 0.491 e. The van der Waals surface area contributed by atoms with Gasteiger partial charge in [0.15, 0.2) is 5.76 Å². The van der Waals surface area contributed by atoms with Crippen LogP contribution in [0.1, 0.15) is 23.4 Å². The molecule has 2 aromatic rings. The number of ether oxygens (including phenoxy) is 2. The lowest BCUT2D eigenvalue weighted by Crippen LogP contribution is -2.16. The molecule has 0 aliphatic carbocycles. The molecule has 21 heavy (non-hydrogen) atoms. The second-order valence-corrected chi connectivity index (χ2v) is 4.91. The van der Waals surface area contributed by atoms with Crippen molar-refractivity contribution in [3.8, 4) is 5.75 Å². The van der Waals surface area contributed by atoms with Crippen LogP contribution in [-0.4, -0.2) is 25.2 Å². The van der Waals surface area contributed by atoms with Gasteiger partial charge in [0.1, 0.15) is 12.4 Å². The van der Waals surface area contributed by atoms with E-state index in [2.05, 4.69) is 5.32 Å². The number of amides is 1. The van der Waals surface area contributed by atoms with E-state index in [1.54, 1.807) is 24.3 Å². The maximum absolute atomic E-state index is 11.9. The Morgan fingerprint density at radius 2 is 2.29 bits per heavy atom. The summed E-state index contributed by atoms with van der Waals surface area (Å²) in [7, 11) is 0. The van der Waals surface area contributed by atoms with Crippen molar-refractivity contribution in [2.75, 3.05) is 18.5 Å². The van der Waals surface area contributed by atoms with Gasteiger partial charge in [-0.15, -0.1) is 0 Å². The molecule has 0 radical (unpaired) electrons. The minimum Gasteiger partial charge on any atom is -0.491 e. The number of hydrogen-bond acceptors (Lipinski definition) is 4. The summed E-state index contributed by atoms with van der Waals surface area (Å²) in [6, 6.07) is 10.6. The van der Waals surface area contributed by atoms with Crippen molar-refractivity contribution >= 4 is 11.6 Å². The van der Waals surface area contributed by atoms with E-state index < -0.39 is 0 Å². The molecule has 5 heteroatoms. The van der Waals surface area contributed by atoms with Gasteiger partial charge in [0.2, 0.25) is 0 Å². The SMILES string of the molecule is O=C(Nc1cccc(OCC2CCCO2)c1)c1ccco1. The molecule has 1 atom stereocenters. The van der Waals surface area contributed by atoms with Gasteiger partial charge in [-0.05, 0) is 37.1 Å². The summed E-state index contributed by atoms with van der Waals surface area (Å²) >= 11 is 0. The van der Waals surface area contributed by atoms with E-state index in [9.17, 15) is 4.79 Å². The Balaban J connectivity index is 1.58. The number of hydrogen-bond donors (Lipinski definition) is 1. The average Bonchev–Trinajstić information content (AvgIpc) is 3.19. The predicted molar refractivity (Wildman–Crippen MR) is 77.6 cm³/mol. The van der Waals surface area contributed by atoms with Gasteiger partial charge < -0.3 is 19.2 Å². The summed E-state index contributed by atoms with van der Waals surface area (Å²) in [5.74, 6) is 0.708. The van der Waals surface area contributed by atoms with Crippen LogP contribution in [0.2, 0.25) is 0 Å². The van der Waals surface area contributed by atoms with Crippen molar-refractivity contribution < 1.29 is 18.7 Å². The molecule has 0 saturated carbocycles. The van der Waals surface area contributed by atoms with Crippen molar-refractivity contribution in [3.05, 3.63) is 48.4 Å². The van der Waals surface area contributed by atoms with Crippen LogP contribution in [0.4, 0.5) is 5.69 Å². The number of carbonyl (C=O) groups is 1. The first-order chi connectivity index (χ1) is 10.3. The molecule has 1 N–H and O–H groups in total. The number of furan rings is 1. The first kappa shape index (κ1) is 13.7. The second kappa shape index (κ2) is 6.45. The fraction of sp³-hybridized carbons (Fsp3) is 0.312. The molecule has 1 amide bonds. The van der Waals surface area contributed by atoms with Gasteiger partial charge in [0.05, 0.1) is 12.4 Å². The molecule has 1 fully saturated rings. The molecule has 5 nitrogen and oxygen atoms in total. The van der Waals surface area contributed by atoms with Gasteiger partial charge in [-0.3, -0.25) is 4.79 Å². The molecule has 1 aliphatic rings. The lowest BCUT2D eigenvalue weighted by atomic mass is 10.2. The van der Waals surface area contributed by atoms with Crippen LogP contribution in [0.3, 0.4) is 0 Å². The van der Waals surface area contributed by atoms with Crippen molar-refractivity contribution in [1.82, 2.24) is 0 Å². The van der Waals surface area contributed by atoms with Crippen LogP contribution in [-0.2, 0) is 4.74 Å². The van der Waals surface area contributed by atoms with E-state index in [4.69, 9.17) is 13.9 Å². The average molecular weight is 287 g/mol. The minimum absolute atomic E-state index is 0.173. The van der Waals surface area contributed by atoms with Gasteiger partial charge >= 0.3 is 0 Å². The van der Waals surface area contributed by atoms with Gasteiger partial charge in [-0.1, -0.05) is 6.07 Å². The van der Waals surface area contributed by atoms with E-state index in [0.29, 0.717) is 18.0 Å². The number of carbonyl (C=O) groups excluding carboxylic acids is 1. The van der Waals surface area contributed by atoms with Crippen LogP contribution >= 0.6 is 0 Å². The van der Waals surface area contributed by atoms with Crippen molar-refractivity contribution in [1.29, 1.82) is 0 Å². The minimum atomic E-state index is -0.281. The summed E-state index contributed by atoms with van der Waals surface area (Å²) in [6.45, 7) is 1.35. The second-order valence-electron chi connectivity index (χ2n) is 4.91. The Bertz CT molecular complexity index is 588. The summed E-state index contributed by atoms with van der Waals surface area (Å²) in [4.78, 5) is 11.9. The van der Waals surface area contributed by atoms with Gasteiger partial charge in [-0.2, -0.15) is 0 Å². The van der Waals surface area contributed by atoms with Crippen molar-refractivity contribution in [2.24, 2.45) is 0 Å². The third kappa shape index (κ3) is 3.64. The molecule has 1 aromatic heterocycles. The molecule has 1 saturated heterocycles. The lowest BCUT2D eigenvalue weighted by Gasteiger charge is -2.12. The Labute approximate surface area is 122 Å². The van der Waals surface area contributed by atoms with Crippen LogP contribution in [0.5, 0.6) is 5.75 Å². The van der Waals surface area contributed by atoms with E-state index in [0.717, 1.165) is 19.4 Å². The fourth-order valence-electron chi connectivity index (χ4n) is 2.23. The van der Waals surface area contributed by atoms with Crippen LogP contribution in [0, 0.1) is 0 Å². The highest BCUT2D eigenvalue weighted by molar-refractivity contribution is 6.02. The smallest absolute Gasteiger partial charge is 0.291 e. The number of rotatable bonds is 5. The monoisotopic (exact) mass is 287 g/mol. The Morgan fingerprint density at radius 3 is 3.05 bits per heavy atom. The van der Waals surface area contributed by atoms with Crippen LogP contribution < -0.4 is 10.1 Å². The first-order valence-electron chi connectivity index (χ1n) is 7.00. The van der Waals surface area contributed by atoms with Gasteiger partial charge in [0.25, 0.3) is 5.91 Å². The van der Waals surface area contributed by atoms with Gasteiger partial charge in [-0.25, -0.2) is 0 Å². The Morgan fingerprint density at radius 1 is 1.33 bits per heavy atom. The molecule has 3 rings (SSSR count). The molecular weight excluding hydrogens is 270 g/mol. The molecule has 1 aromatic carbocycles. The van der Waals surface area contributed by atoms with E-state index in [1.165, 1.54) is 6.26 Å². The topological polar surface area (TPSA) is 60.7 Å². The van der Waals surface area contributed by atoms with E-state index in [-0.39, 0.29) is 17.8 Å². The third-order valence-corrected chi connectivity index (χ3v) is 3.30. The maximum atomic E-state index is 11.9. The van der Waals surface area contributed by atoms with E-state index >= 15 is 0 Å². The predicted octanol–water partition coefficient (Wildman–Crippen LogP) is 3.09. The number of benzene rings is 1. The maximum Gasteiger partial charge on any atom is 0.291 e. The van der Waals surface area contributed by atoms with Gasteiger partial charge in [0, 0.05) is 18.4 Å². The summed E-state index contributed by atoms with van der Waals surface area (Å²) in [5.41, 5.74) is 0.668. The highest BCUT2D eigenvalue weighted by Crippen LogP contribution is 2.20. The molecule has 110 valence electrons. The molecule has 0 bridgehead atoms. The highest BCUT2D eigenvalue weighted by Gasteiger charge is 2.16. The molecular formula is C16H17NO4. The summed E-state index contributed by atoms with van der Waals surface area (Å²) in [6.07, 6.45) is 3.77. The zero-order valence-electron chi connectivity index (χ0n) is 11.6. The quantitative estimate of drug-likeness (QED) is 0.918. The first-order valence-corrected chi connectivity index (χ1v) is 7.00. The molecule has 0 spiro atoms. The molecule has 1 unspecified atom stereocenters. The zero-order valence-corrected chi connectivity index (χ0v) is 11.6. The normalized spacial score (nSPS) is 17.6. The Kier molecular flexibility index (Phi) is 4.21. The van der Waals surface area contributed by atoms with Crippen LogP contribution in [0.15, 0.2) is 47.1 Å². The Hall–Kier alpha value is -2.27. The zero-order chi connectivity index (χ0) is 14.5. The van der Waals surface area contributed by atoms with Crippen molar-refractivity contribution in [3.63, 3.8) is 0 Å². The number of anilines is 1. The highest BCUT2D eigenvalue weighted by atomic mass is 16.5. The lowest BCUT2D eigenvalue weighted by molar-refractivity contribution is 0.0679.